The topological polar surface area (TPSA) is 93.5 Å². The summed E-state index contributed by atoms with van der Waals surface area (Å²) in [6.45, 7) is 7.86. The molecule has 1 aromatic carbocycles. The van der Waals surface area contributed by atoms with Crippen LogP contribution in [0.15, 0.2) is 28.8 Å². The van der Waals surface area contributed by atoms with E-state index in [9.17, 15) is 9.59 Å². The monoisotopic (exact) mass is 345 g/mol. The van der Waals surface area contributed by atoms with Gasteiger partial charge in [0.2, 0.25) is 5.91 Å². The number of amides is 2. The molecule has 0 radical (unpaired) electrons. The molecule has 2 N–H and O–H groups in total. The third-order valence-electron chi connectivity index (χ3n) is 3.78. The van der Waals surface area contributed by atoms with Gasteiger partial charge in [-0.05, 0) is 39.8 Å². The third-order valence-corrected chi connectivity index (χ3v) is 3.78. The summed E-state index contributed by atoms with van der Waals surface area (Å²) >= 11 is 0. The number of hydrogen-bond acceptors (Lipinski definition) is 5. The Morgan fingerprint density at radius 1 is 1.28 bits per heavy atom. The van der Waals surface area contributed by atoms with E-state index in [1.54, 1.807) is 31.2 Å². The van der Waals surface area contributed by atoms with Crippen LogP contribution in [0.4, 0.5) is 0 Å². The average molecular weight is 345 g/mol. The summed E-state index contributed by atoms with van der Waals surface area (Å²) < 4.78 is 10.9. The van der Waals surface area contributed by atoms with Crippen LogP contribution >= 0.6 is 0 Å². The lowest BCUT2D eigenvalue weighted by Crippen LogP contribution is -2.44. The van der Waals surface area contributed by atoms with E-state index in [0.29, 0.717) is 23.6 Å². The lowest BCUT2D eigenvalue weighted by molar-refractivity contribution is -0.122. The molecule has 7 heteroatoms. The number of para-hydroxylation sites is 1. The highest BCUT2D eigenvalue weighted by molar-refractivity contribution is 5.99. The molecule has 0 saturated carbocycles. The number of carbonyl (C=O) groups is 2. The maximum absolute atomic E-state index is 12.5. The van der Waals surface area contributed by atoms with Crippen molar-refractivity contribution in [3.63, 3.8) is 0 Å². The van der Waals surface area contributed by atoms with Crippen LogP contribution in [0.1, 0.15) is 41.2 Å². The molecular weight excluding hydrogens is 322 g/mol. The summed E-state index contributed by atoms with van der Waals surface area (Å²) in [7, 11) is 0. The van der Waals surface area contributed by atoms with Crippen molar-refractivity contribution in [1.29, 1.82) is 0 Å². The Balaban J connectivity index is 2.09. The number of benzene rings is 1. The van der Waals surface area contributed by atoms with Crippen molar-refractivity contribution in [2.45, 2.75) is 40.3 Å². The number of carbonyl (C=O) groups excluding carboxylic acids is 2. The zero-order chi connectivity index (χ0) is 18.4. The van der Waals surface area contributed by atoms with Gasteiger partial charge in [0, 0.05) is 6.54 Å². The number of nitrogens with one attached hydrogen (secondary N) is 2. The number of rotatable bonds is 7. The van der Waals surface area contributed by atoms with Crippen LogP contribution in [0.2, 0.25) is 0 Å². The van der Waals surface area contributed by atoms with Crippen molar-refractivity contribution in [1.82, 2.24) is 15.8 Å². The molecule has 134 valence electrons. The number of hydrogen-bond donors (Lipinski definition) is 2. The first-order valence-corrected chi connectivity index (χ1v) is 8.16. The third kappa shape index (κ3) is 4.59. The Morgan fingerprint density at radius 3 is 2.64 bits per heavy atom. The molecule has 1 heterocycles. The van der Waals surface area contributed by atoms with Crippen LogP contribution in [0.3, 0.4) is 0 Å². The Morgan fingerprint density at radius 2 is 2.00 bits per heavy atom. The van der Waals surface area contributed by atoms with Crippen LogP contribution in [-0.4, -0.2) is 29.6 Å². The van der Waals surface area contributed by atoms with E-state index in [1.807, 2.05) is 20.8 Å². The molecule has 7 nitrogen and oxygen atoms in total. The van der Waals surface area contributed by atoms with Crippen LogP contribution in [0, 0.1) is 13.8 Å². The smallest absolute Gasteiger partial charge is 0.255 e. The van der Waals surface area contributed by atoms with Crippen molar-refractivity contribution in [2.24, 2.45) is 0 Å². The fraction of sp³-hybridized carbons (Fsp3) is 0.389. The second-order valence-electron chi connectivity index (χ2n) is 5.68. The summed E-state index contributed by atoms with van der Waals surface area (Å²) in [6.07, 6.45) is 0. The Labute approximate surface area is 146 Å². The van der Waals surface area contributed by atoms with Gasteiger partial charge in [-0.2, -0.15) is 0 Å². The molecule has 0 fully saturated rings. The second-order valence-corrected chi connectivity index (χ2v) is 5.68. The minimum atomic E-state index is -0.636. The van der Waals surface area contributed by atoms with Crippen molar-refractivity contribution in [3.05, 3.63) is 46.8 Å². The van der Waals surface area contributed by atoms with Crippen LogP contribution < -0.4 is 15.4 Å². The zero-order valence-corrected chi connectivity index (χ0v) is 14.9. The number of ether oxygens (including phenoxy) is 1. The highest BCUT2D eigenvalue weighted by atomic mass is 16.5. The first-order valence-electron chi connectivity index (χ1n) is 8.16. The number of aryl methyl sites for hydroxylation is 2. The molecule has 0 unspecified atom stereocenters. The number of likely N-dealkylation sites (N-methyl/N-ethyl adjacent to an activating group) is 1. The van der Waals surface area contributed by atoms with Crippen LogP contribution in [0.25, 0.3) is 0 Å². The summed E-state index contributed by atoms with van der Waals surface area (Å²) in [4.78, 5) is 24.3. The lowest BCUT2D eigenvalue weighted by atomic mass is 10.1. The van der Waals surface area contributed by atoms with E-state index in [4.69, 9.17) is 9.26 Å². The van der Waals surface area contributed by atoms with Gasteiger partial charge in [0.25, 0.3) is 5.91 Å². The van der Waals surface area contributed by atoms with Gasteiger partial charge in [-0.15, -0.1) is 0 Å². The Kier molecular flexibility index (Phi) is 6.16. The highest BCUT2D eigenvalue weighted by Crippen LogP contribution is 2.21. The largest absolute Gasteiger partial charge is 0.488 e. The van der Waals surface area contributed by atoms with Gasteiger partial charge in [-0.1, -0.05) is 17.3 Å². The molecule has 2 amide bonds. The van der Waals surface area contributed by atoms with Crippen molar-refractivity contribution >= 4 is 11.8 Å². The van der Waals surface area contributed by atoms with Crippen LogP contribution in [-0.2, 0) is 11.4 Å². The van der Waals surface area contributed by atoms with E-state index in [-0.39, 0.29) is 18.4 Å². The van der Waals surface area contributed by atoms with Gasteiger partial charge in [0.1, 0.15) is 24.2 Å². The molecule has 0 spiro atoms. The number of aromatic nitrogens is 1. The lowest BCUT2D eigenvalue weighted by Gasteiger charge is -2.15. The van der Waals surface area contributed by atoms with Gasteiger partial charge in [-0.3, -0.25) is 9.59 Å². The summed E-state index contributed by atoms with van der Waals surface area (Å²) in [5.41, 5.74) is 1.97. The quantitative estimate of drug-likeness (QED) is 0.802. The van der Waals surface area contributed by atoms with E-state index < -0.39 is 6.04 Å². The molecule has 2 rings (SSSR count). The highest BCUT2D eigenvalue weighted by Gasteiger charge is 2.19. The van der Waals surface area contributed by atoms with Gasteiger partial charge in [0.05, 0.1) is 16.8 Å². The first-order chi connectivity index (χ1) is 11.9. The predicted molar refractivity (Wildman–Crippen MR) is 92.4 cm³/mol. The normalized spacial score (nSPS) is 11.7. The fourth-order valence-electron chi connectivity index (χ4n) is 2.31. The first kappa shape index (κ1) is 18.5. The summed E-state index contributed by atoms with van der Waals surface area (Å²) in [6, 6.07) is 6.26. The van der Waals surface area contributed by atoms with Gasteiger partial charge >= 0.3 is 0 Å². The molecule has 0 aliphatic rings. The van der Waals surface area contributed by atoms with Gasteiger partial charge in [0.15, 0.2) is 0 Å². The van der Waals surface area contributed by atoms with Crippen molar-refractivity contribution in [3.8, 4) is 5.75 Å². The maximum atomic E-state index is 12.5. The molecule has 0 saturated heterocycles. The van der Waals surface area contributed by atoms with Gasteiger partial charge < -0.3 is 19.9 Å². The standard InChI is InChI=1S/C18H23N3O4/c1-5-19-17(22)12(3)20-18(23)14-8-6-7-9-16(14)24-10-15-11(2)21-25-13(15)4/h6-9,12H,5,10H2,1-4H3,(H,19,22)(H,20,23)/t12-/m1/s1. The van der Waals surface area contributed by atoms with E-state index in [2.05, 4.69) is 15.8 Å². The maximum Gasteiger partial charge on any atom is 0.255 e. The van der Waals surface area contributed by atoms with Crippen LogP contribution in [0.5, 0.6) is 5.75 Å². The van der Waals surface area contributed by atoms with Crippen molar-refractivity contribution in [2.75, 3.05) is 6.54 Å². The summed E-state index contributed by atoms with van der Waals surface area (Å²) in [5, 5.41) is 9.23. The zero-order valence-electron chi connectivity index (χ0n) is 14.9. The molecule has 0 aliphatic heterocycles. The van der Waals surface area contributed by atoms with Crippen molar-refractivity contribution < 1.29 is 18.8 Å². The molecule has 0 aliphatic carbocycles. The Bertz CT molecular complexity index is 735. The minimum absolute atomic E-state index is 0.232. The minimum Gasteiger partial charge on any atom is -0.488 e. The fourth-order valence-corrected chi connectivity index (χ4v) is 2.31. The van der Waals surface area contributed by atoms with E-state index >= 15 is 0 Å². The second kappa shape index (κ2) is 8.32. The molecule has 2 aromatic rings. The molecule has 25 heavy (non-hydrogen) atoms. The SMILES string of the molecule is CCNC(=O)[C@@H](C)NC(=O)c1ccccc1OCc1c(C)noc1C. The van der Waals surface area contributed by atoms with Gasteiger partial charge in [-0.25, -0.2) is 0 Å². The van der Waals surface area contributed by atoms with E-state index in [0.717, 1.165) is 11.3 Å². The average Bonchev–Trinajstić information content (AvgIpc) is 2.91. The Hall–Kier alpha value is -2.83. The predicted octanol–water partition coefficient (Wildman–Crippen LogP) is 2.12. The number of nitrogens with zero attached hydrogens (tertiary/aromatic N) is 1. The molecular formula is C18H23N3O4. The summed E-state index contributed by atoms with van der Waals surface area (Å²) in [5.74, 6) is 0.519. The molecule has 1 aromatic heterocycles. The molecule has 0 bridgehead atoms. The van der Waals surface area contributed by atoms with E-state index in [1.165, 1.54) is 0 Å². The molecule has 1 atom stereocenters.